The third kappa shape index (κ3) is 4.42. The number of rotatable bonds is 5. The van der Waals surface area contributed by atoms with Gasteiger partial charge in [-0.25, -0.2) is 0 Å². The molecule has 0 fully saturated rings. The Kier molecular flexibility index (Phi) is 5.23. The van der Waals surface area contributed by atoms with Gasteiger partial charge in [-0.1, -0.05) is 6.07 Å². The van der Waals surface area contributed by atoms with E-state index in [2.05, 4.69) is 10.6 Å². The van der Waals surface area contributed by atoms with E-state index in [0.29, 0.717) is 0 Å². The Labute approximate surface area is 116 Å². The van der Waals surface area contributed by atoms with Crippen molar-refractivity contribution in [2.24, 2.45) is 0 Å². The Morgan fingerprint density at radius 3 is 2.75 bits per heavy atom. The third-order valence-electron chi connectivity index (χ3n) is 2.24. The lowest BCUT2D eigenvalue weighted by Crippen LogP contribution is -2.20. The van der Waals surface area contributed by atoms with Gasteiger partial charge in [-0.2, -0.15) is 5.26 Å². The summed E-state index contributed by atoms with van der Waals surface area (Å²) in [6.07, 6.45) is 1.32. The number of carbonyl (C=O) groups excluding carboxylic acids is 1. The van der Waals surface area contributed by atoms with Crippen molar-refractivity contribution in [1.82, 2.24) is 5.32 Å². The van der Waals surface area contributed by atoms with Gasteiger partial charge in [0.05, 0.1) is 4.92 Å². The SMILES string of the molecule is CC(C)N/C=C(/C#N)C(=O)Nc1cccc([N+](=O)[O-])c1. The Hall–Kier alpha value is -2.88. The quantitative estimate of drug-likeness (QED) is 0.369. The van der Waals surface area contributed by atoms with E-state index in [9.17, 15) is 14.9 Å². The van der Waals surface area contributed by atoms with E-state index >= 15 is 0 Å². The van der Waals surface area contributed by atoms with E-state index in [-0.39, 0.29) is 23.0 Å². The molecule has 0 bridgehead atoms. The van der Waals surface area contributed by atoms with Crippen molar-refractivity contribution < 1.29 is 9.72 Å². The van der Waals surface area contributed by atoms with E-state index < -0.39 is 10.8 Å². The van der Waals surface area contributed by atoms with E-state index in [1.165, 1.54) is 30.5 Å². The molecule has 7 nitrogen and oxygen atoms in total. The normalized spacial score (nSPS) is 10.8. The van der Waals surface area contributed by atoms with Crippen LogP contribution in [0.1, 0.15) is 13.8 Å². The number of nitriles is 1. The van der Waals surface area contributed by atoms with Crippen LogP contribution in [0.3, 0.4) is 0 Å². The highest BCUT2D eigenvalue weighted by Gasteiger charge is 2.11. The van der Waals surface area contributed by atoms with Crippen LogP contribution in [0.4, 0.5) is 11.4 Å². The van der Waals surface area contributed by atoms with Gasteiger partial charge >= 0.3 is 0 Å². The maximum absolute atomic E-state index is 11.8. The molecule has 2 N–H and O–H groups in total. The third-order valence-corrected chi connectivity index (χ3v) is 2.24. The maximum atomic E-state index is 11.8. The first-order chi connectivity index (χ1) is 9.43. The van der Waals surface area contributed by atoms with Gasteiger partial charge < -0.3 is 10.6 Å². The van der Waals surface area contributed by atoms with Crippen LogP contribution in [0.5, 0.6) is 0 Å². The molecule has 0 aliphatic rings. The van der Waals surface area contributed by atoms with Gasteiger partial charge in [-0.15, -0.1) is 0 Å². The number of nitro groups is 1. The van der Waals surface area contributed by atoms with Crippen molar-refractivity contribution >= 4 is 17.3 Å². The Bertz CT molecular complexity index is 588. The number of amides is 1. The van der Waals surface area contributed by atoms with Crippen LogP contribution in [0, 0.1) is 21.4 Å². The monoisotopic (exact) mass is 274 g/mol. The van der Waals surface area contributed by atoms with Crippen molar-refractivity contribution in [3.63, 3.8) is 0 Å². The second kappa shape index (κ2) is 6.89. The molecule has 0 spiro atoms. The number of anilines is 1. The number of non-ortho nitro benzene ring substituents is 1. The number of nitro benzene ring substituents is 1. The van der Waals surface area contributed by atoms with E-state index in [4.69, 9.17) is 5.26 Å². The van der Waals surface area contributed by atoms with Crippen LogP contribution >= 0.6 is 0 Å². The molecule has 0 atom stereocenters. The fourth-order valence-electron chi connectivity index (χ4n) is 1.29. The van der Waals surface area contributed by atoms with Crippen LogP contribution in [-0.4, -0.2) is 16.9 Å². The van der Waals surface area contributed by atoms with E-state index in [0.717, 1.165) is 0 Å². The molecule has 0 saturated carbocycles. The standard InChI is InChI=1S/C13H14N4O3/c1-9(2)15-8-10(7-14)13(18)16-11-4-3-5-12(6-11)17(19)20/h3-6,8-9,15H,1-2H3,(H,16,18)/b10-8-. The zero-order valence-electron chi connectivity index (χ0n) is 11.1. The first kappa shape index (κ1) is 15.2. The number of nitrogens with one attached hydrogen (secondary N) is 2. The molecule has 1 aromatic rings. The minimum atomic E-state index is -0.624. The summed E-state index contributed by atoms with van der Waals surface area (Å²) in [4.78, 5) is 21.9. The van der Waals surface area contributed by atoms with Gasteiger partial charge in [0, 0.05) is 30.1 Å². The summed E-state index contributed by atoms with van der Waals surface area (Å²) >= 11 is 0. The van der Waals surface area contributed by atoms with Crippen molar-refractivity contribution in [2.75, 3.05) is 5.32 Å². The number of hydrogen-bond donors (Lipinski definition) is 2. The summed E-state index contributed by atoms with van der Waals surface area (Å²) in [7, 11) is 0. The molecule has 7 heteroatoms. The predicted octanol–water partition coefficient (Wildman–Crippen LogP) is 1.94. The van der Waals surface area contributed by atoms with Gasteiger partial charge in [0.1, 0.15) is 11.6 Å². The Morgan fingerprint density at radius 2 is 2.20 bits per heavy atom. The molecule has 0 aromatic heterocycles. The summed E-state index contributed by atoms with van der Waals surface area (Å²) in [5.74, 6) is -0.624. The Morgan fingerprint density at radius 1 is 1.50 bits per heavy atom. The van der Waals surface area contributed by atoms with E-state index in [1.54, 1.807) is 6.07 Å². The molecule has 1 rings (SSSR count). The second-order valence-corrected chi connectivity index (χ2v) is 4.25. The number of carbonyl (C=O) groups is 1. The van der Waals surface area contributed by atoms with Crippen molar-refractivity contribution in [2.45, 2.75) is 19.9 Å². The lowest BCUT2D eigenvalue weighted by molar-refractivity contribution is -0.384. The molecular formula is C13H14N4O3. The smallest absolute Gasteiger partial charge is 0.271 e. The summed E-state index contributed by atoms with van der Waals surface area (Å²) in [5, 5.41) is 24.8. The number of nitrogens with zero attached hydrogens (tertiary/aromatic N) is 2. The molecule has 1 amide bonds. The summed E-state index contributed by atoms with van der Waals surface area (Å²) in [6, 6.07) is 7.36. The molecular weight excluding hydrogens is 260 g/mol. The summed E-state index contributed by atoms with van der Waals surface area (Å²) in [6.45, 7) is 3.73. The average molecular weight is 274 g/mol. The fraction of sp³-hybridized carbons (Fsp3) is 0.231. The summed E-state index contributed by atoms with van der Waals surface area (Å²) < 4.78 is 0. The van der Waals surface area contributed by atoms with Gasteiger partial charge in [0.25, 0.3) is 11.6 Å². The molecule has 0 saturated heterocycles. The zero-order valence-corrected chi connectivity index (χ0v) is 11.1. The molecule has 0 aliphatic heterocycles. The second-order valence-electron chi connectivity index (χ2n) is 4.25. The van der Waals surface area contributed by atoms with Crippen LogP contribution in [0.2, 0.25) is 0 Å². The maximum Gasteiger partial charge on any atom is 0.271 e. The predicted molar refractivity (Wildman–Crippen MR) is 73.7 cm³/mol. The molecule has 0 unspecified atom stereocenters. The van der Waals surface area contributed by atoms with Gasteiger partial charge in [-0.05, 0) is 19.9 Å². The first-order valence-corrected chi connectivity index (χ1v) is 5.86. The molecule has 104 valence electrons. The molecule has 1 aromatic carbocycles. The highest BCUT2D eigenvalue weighted by molar-refractivity contribution is 6.06. The molecule has 0 heterocycles. The van der Waals surface area contributed by atoms with E-state index in [1.807, 2.05) is 13.8 Å². The van der Waals surface area contributed by atoms with Gasteiger partial charge in [0.15, 0.2) is 0 Å². The van der Waals surface area contributed by atoms with Crippen molar-refractivity contribution in [1.29, 1.82) is 5.26 Å². The minimum absolute atomic E-state index is 0.0870. The number of benzene rings is 1. The zero-order chi connectivity index (χ0) is 15.1. The van der Waals surface area contributed by atoms with Crippen LogP contribution < -0.4 is 10.6 Å². The topological polar surface area (TPSA) is 108 Å². The molecule has 0 aliphatic carbocycles. The number of hydrogen-bond acceptors (Lipinski definition) is 5. The fourth-order valence-corrected chi connectivity index (χ4v) is 1.29. The molecule has 20 heavy (non-hydrogen) atoms. The lowest BCUT2D eigenvalue weighted by atomic mass is 10.2. The van der Waals surface area contributed by atoms with Gasteiger partial charge in [-0.3, -0.25) is 14.9 Å². The summed E-state index contributed by atoms with van der Waals surface area (Å²) in [5.41, 5.74) is 0.0192. The minimum Gasteiger partial charge on any atom is -0.387 e. The van der Waals surface area contributed by atoms with Crippen molar-refractivity contribution in [3.05, 3.63) is 46.2 Å². The van der Waals surface area contributed by atoms with Crippen LogP contribution in [0.15, 0.2) is 36.0 Å². The largest absolute Gasteiger partial charge is 0.387 e. The Balaban J connectivity index is 2.84. The average Bonchev–Trinajstić information content (AvgIpc) is 2.39. The highest BCUT2D eigenvalue weighted by Crippen LogP contribution is 2.17. The highest BCUT2D eigenvalue weighted by atomic mass is 16.6. The van der Waals surface area contributed by atoms with Crippen LogP contribution in [-0.2, 0) is 4.79 Å². The van der Waals surface area contributed by atoms with Crippen LogP contribution in [0.25, 0.3) is 0 Å². The van der Waals surface area contributed by atoms with Gasteiger partial charge in [0.2, 0.25) is 0 Å². The lowest BCUT2D eigenvalue weighted by Gasteiger charge is -2.06. The first-order valence-electron chi connectivity index (χ1n) is 5.86. The van der Waals surface area contributed by atoms with Crippen molar-refractivity contribution in [3.8, 4) is 6.07 Å². The molecule has 0 radical (unpaired) electrons.